The molecule has 0 saturated heterocycles. The van der Waals surface area contributed by atoms with Crippen LogP contribution in [0.4, 0.5) is 5.69 Å². The van der Waals surface area contributed by atoms with Crippen LogP contribution in [-0.2, 0) is 27.8 Å². The number of thiophene rings is 2. The molecule has 0 aliphatic carbocycles. The van der Waals surface area contributed by atoms with E-state index in [9.17, 15) is 13.2 Å². The maximum atomic E-state index is 12.4. The summed E-state index contributed by atoms with van der Waals surface area (Å²) >= 11 is 2.73. The van der Waals surface area contributed by atoms with Crippen LogP contribution in [0.25, 0.3) is 0 Å². The number of carbonyl (C=O) groups is 1. The highest BCUT2D eigenvalue weighted by atomic mass is 32.2. The summed E-state index contributed by atoms with van der Waals surface area (Å²) in [7, 11) is -3.54. The SMILES string of the molecule is CC(=O)N1CCc2sc(S(=O)(=O)Nc3ccsc3)cc2C1. The standard InChI is InChI=1S/C13H14N2O3S3/c1-9(16)15-4-2-12-10(7-15)6-13(20-12)21(17,18)14-11-3-5-19-8-11/h3,5-6,8,14H,2,4,7H2,1H3. The van der Waals surface area contributed by atoms with Crippen LogP contribution in [0.3, 0.4) is 0 Å². The first-order valence-corrected chi connectivity index (χ1v) is 9.62. The van der Waals surface area contributed by atoms with E-state index in [1.54, 1.807) is 22.4 Å². The third kappa shape index (κ3) is 2.97. The summed E-state index contributed by atoms with van der Waals surface area (Å²) in [5.74, 6) is 0.0210. The number of rotatable bonds is 3. The van der Waals surface area contributed by atoms with Gasteiger partial charge in [-0.3, -0.25) is 9.52 Å². The van der Waals surface area contributed by atoms with Gasteiger partial charge in [0.05, 0.1) is 5.69 Å². The van der Waals surface area contributed by atoms with E-state index >= 15 is 0 Å². The Balaban J connectivity index is 1.86. The van der Waals surface area contributed by atoms with Crippen molar-refractivity contribution in [3.8, 4) is 0 Å². The molecule has 0 unspecified atom stereocenters. The van der Waals surface area contributed by atoms with E-state index in [0.29, 0.717) is 29.4 Å². The molecule has 0 fully saturated rings. The summed E-state index contributed by atoms with van der Waals surface area (Å²) in [6.45, 7) is 2.68. The van der Waals surface area contributed by atoms with E-state index in [4.69, 9.17) is 0 Å². The van der Waals surface area contributed by atoms with Crippen LogP contribution in [0.5, 0.6) is 0 Å². The molecule has 0 spiro atoms. The Hall–Kier alpha value is -1.38. The van der Waals surface area contributed by atoms with Crippen molar-refractivity contribution in [2.24, 2.45) is 0 Å². The van der Waals surface area contributed by atoms with Gasteiger partial charge in [-0.1, -0.05) is 0 Å². The van der Waals surface area contributed by atoms with Gasteiger partial charge in [0.2, 0.25) is 5.91 Å². The molecule has 3 rings (SSSR count). The topological polar surface area (TPSA) is 66.5 Å². The molecule has 0 bridgehead atoms. The van der Waals surface area contributed by atoms with Crippen molar-refractivity contribution in [1.29, 1.82) is 0 Å². The number of carbonyl (C=O) groups excluding carboxylic acids is 1. The maximum absolute atomic E-state index is 12.4. The molecule has 1 N–H and O–H groups in total. The molecule has 2 aromatic heterocycles. The molecule has 112 valence electrons. The Morgan fingerprint density at radius 1 is 1.43 bits per heavy atom. The molecule has 8 heteroatoms. The van der Waals surface area contributed by atoms with Crippen LogP contribution in [0.15, 0.2) is 27.1 Å². The van der Waals surface area contributed by atoms with Crippen molar-refractivity contribution >= 4 is 44.3 Å². The van der Waals surface area contributed by atoms with Crippen molar-refractivity contribution in [1.82, 2.24) is 4.90 Å². The van der Waals surface area contributed by atoms with Crippen molar-refractivity contribution < 1.29 is 13.2 Å². The van der Waals surface area contributed by atoms with Crippen LogP contribution in [0.2, 0.25) is 0 Å². The molecule has 1 amide bonds. The Morgan fingerprint density at radius 3 is 2.90 bits per heavy atom. The van der Waals surface area contributed by atoms with Crippen molar-refractivity contribution in [2.45, 2.75) is 24.1 Å². The lowest BCUT2D eigenvalue weighted by molar-refractivity contribution is -0.129. The molecule has 0 saturated carbocycles. The van der Waals surface area contributed by atoms with E-state index in [2.05, 4.69) is 4.72 Å². The lowest BCUT2D eigenvalue weighted by Crippen LogP contribution is -2.33. The molecule has 0 aromatic carbocycles. The quantitative estimate of drug-likeness (QED) is 0.932. The summed E-state index contributed by atoms with van der Waals surface area (Å²) in [5.41, 5.74) is 1.52. The predicted molar refractivity (Wildman–Crippen MR) is 84.2 cm³/mol. The molecular weight excluding hydrogens is 328 g/mol. The highest BCUT2D eigenvalue weighted by Crippen LogP contribution is 2.32. The normalized spacial score (nSPS) is 14.8. The number of nitrogens with one attached hydrogen (secondary N) is 1. The van der Waals surface area contributed by atoms with Gasteiger partial charge in [0.25, 0.3) is 10.0 Å². The van der Waals surface area contributed by atoms with E-state index in [0.717, 1.165) is 10.4 Å². The molecular formula is C13H14N2O3S3. The number of hydrogen-bond donors (Lipinski definition) is 1. The van der Waals surface area contributed by atoms with Crippen LogP contribution in [0, 0.1) is 0 Å². The zero-order valence-corrected chi connectivity index (χ0v) is 13.8. The monoisotopic (exact) mass is 342 g/mol. The third-order valence-electron chi connectivity index (χ3n) is 3.33. The molecule has 1 aliphatic heterocycles. The number of hydrogen-bond acceptors (Lipinski definition) is 5. The average Bonchev–Trinajstić information content (AvgIpc) is 3.05. The van der Waals surface area contributed by atoms with Crippen molar-refractivity contribution in [3.05, 3.63) is 33.3 Å². The first-order chi connectivity index (χ1) is 9.95. The number of fused-ring (bicyclic) bond motifs is 1. The van der Waals surface area contributed by atoms with Gasteiger partial charge in [-0.15, -0.1) is 11.3 Å². The minimum Gasteiger partial charge on any atom is -0.338 e. The first-order valence-electron chi connectivity index (χ1n) is 6.38. The largest absolute Gasteiger partial charge is 0.338 e. The van der Waals surface area contributed by atoms with E-state index in [-0.39, 0.29) is 5.91 Å². The van der Waals surface area contributed by atoms with Gasteiger partial charge in [0.15, 0.2) is 0 Å². The van der Waals surface area contributed by atoms with E-state index < -0.39 is 10.0 Å². The fourth-order valence-electron chi connectivity index (χ4n) is 2.23. The average molecular weight is 342 g/mol. The summed E-state index contributed by atoms with van der Waals surface area (Å²) in [6.07, 6.45) is 0.716. The molecule has 0 atom stereocenters. The number of sulfonamides is 1. The molecule has 21 heavy (non-hydrogen) atoms. The third-order valence-corrected chi connectivity index (χ3v) is 7.10. The van der Waals surface area contributed by atoms with Gasteiger partial charge in [-0.25, -0.2) is 8.42 Å². The lowest BCUT2D eigenvalue weighted by Gasteiger charge is -2.25. The fraction of sp³-hybridized carbons (Fsp3) is 0.308. The minimum atomic E-state index is -3.54. The Kier molecular flexibility index (Phi) is 3.76. The number of anilines is 1. The summed E-state index contributed by atoms with van der Waals surface area (Å²) in [5, 5.41) is 3.57. The maximum Gasteiger partial charge on any atom is 0.271 e. The first kappa shape index (κ1) is 14.6. The zero-order chi connectivity index (χ0) is 15.0. The minimum absolute atomic E-state index is 0.0210. The smallest absolute Gasteiger partial charge is 0.271 e. The van der Waals surface area contributed by atoms with Crippen molar-refractivity contribution in [2.75, 3.05) is 11.3 Å². The Morgan fingerprint density at radius 2 is 2.24 bits per heavy atom. The summed E-state index contributed by atoms with van der Waals surface area (Å²) in [6, 6.07) is 3.41. The zero-order valence-electron chi connectivity index (χ0n) is 11.3. The number of amides is 1. The predicted octanol–water partition coefficient (Wildman–Crippen LogP) is 2.52. The van der Waals surface area contributed by atoms with Crippen molar-refractivity contribution in [3.63, 3.8) is 0 Å². The highest BCUT2D eigenvalue weighted by Gasteiger charge is 2.25. The number of nitrogens with zero attached hydrogens (tertiary/aromatic N) is 1. The van der Waals surface area contributed by atoms with Crippen LogP contribution < -0.4 is 4.72 Å². The van der Waals surface area contributed by atoms with Crippen LogP contribution in [0.1, 0.15) is 17.4 Å². The Labute approximate surface area is 131 Å². The summed E-state index contributed by atoms with van der Waals surface area (Å²) < 4.78 is 27.6. The van der Waals surface area contributed by atoms with Gasteiger partial charge >= 0.3 is 0 Å². The van der Waals surface area contributed by atoms with Gasteiger partial charge in [-0.2, -0.15) is 11.3 Å². The van der Waals surface area contributed by atoms with Gasteiger partial charge in [0, 0.05) is 30.3 Å². The lowest BCUT2D eigenvalue weighted by atomic mass is 10.1. The van der Waals surface area contributed by atoms with Gasteiger partial charge < -0.3 is 4.90 Å². The van der Waals surface area contributed by atoms with E-state index in [1.807, 2.05) is 5.38 Å². The van der Waals surface area contributed by atoms with Crippen LogP contribution >= 0.6 is 22.7 Å². The van der Waals surface area contributed by atoms with Gasteiger partial charge in [0.1, 0.15) is 4.21 Å². The fourth-order valence-corrected chi connectivity index (χ4v) is 5.49. The second-order valence-corrected chi connectivity index (χ2v) is 8.65. The van der Waals surface area contributed by atoms with Crippen LogP contribution in [-0.4, -0.2) is 25.8 Å². The van der Waals surface area contributed by atoms with E-state index in [1.165, 1.54) is 29.6 Å². The molecule has 5 nitrogen and oxygen atoms in total. The molecule has 1 aliphatic rings. The second kappa shape index (κ2) is 5.43. The molecule has 0 radical (unpaired) electrons. The van der Waals surface area contributed by atoms with Gasteiger partial charge in [-0.05, 0) is 29.5 Å². The summed E-state index contributed by atoms with van der Waals surface area (Å²) in [4.78, 5) is 14.2. The molecule has 3 heterocycles. The highest BCUT2D eigenvalue weighted by molar-refractivity contribution is 7.94. The Bertz CT molecular complexity index is 763. The molecule has 2 aromatic rings. The second-order valence-electron chi connectivity index (χ2n) is 4.82.